The Labute approximate surface area is 122 Å². The zero-order chi connectivity index (χ0) is 14.0. The largest absolute Gasteiger partial charge is 0.391 e. The summed E-state index contributed by atoms with van der Waals surface area (Å²) in [4.78, 5) is 13.8. The molecule has 1 saturated carbocycles. The number of hydrogen-bond acceptors (Lipinski definition) is 3. The molecule has 1 fully saturated rings. The third-order valence-corrected chi connectivity index (χ3v) is 4.40. The van der Waals surface area contributed by atoms with Gasteiger partial charge in [-0.2, -0.15) is 0 Å². The quantitative estimate of drug-likeness (QED) is 0.866. The molecule has 3 nitrogen and oxygen atoms in total. The number of nitrogens with zero attached hydrogens (tertiary/aromatic N) is 1. The van der Waals surface area contributed by atoms with E-state index in [-0.39, 0.29) is 17.9 Å². The van der Waals surface area contributed by atoms with Crippen molar-refractivity contribution >= 4 is 27.4 Å². The first-order chi connectivity index (χ1) is 9.00. The van der Waals surface area contributed by atoms with Crippen molar-refractivity contribution in [3.8, 4) is 0 Å². The molecule has 1 aliphatic rings. The van der Waals surface area contributed by atoms with Crippen LogP contribution < -0.4 is 4.90 Å². The van der Waals surface area contributed by atoms with Crippen LogP contribution in [-0.4, -0.2) is 30.1 Å². The van der Waals surface area contributed by atoms with Crippen molar-refractivity contribution in [2.75, 3.05) is 11.9 Å². The Morgan fingerprint density at radius 3 is 2.68 bits per heavy atom. The Kier molecular flexibility index (Phi) is 4.63. The number of rotatable bonds is 3. The monoisotopic (exact) mass is 325 g/mol. The van der Waals surface area contributed by atoms with Gasteiger partial charge in [0.15, 0.2) is 5.78 Å². The Bertz CT molecular complexity index is 475. The number of hydrogen-bond donors (Lipinski definition) is 1. The minimum Gasteiger partial charge on any atom is -0.391 e. The number of aliphatic hydroxyl groups excluding tert-OH is 1. The number of aliphatic hydroxyl groups is 1. The lowest BCUT2D eigenvalue weighted by molar-refractivity contribution is 0.100. The number of likely N-dealkylation sites (N-methyl/N-ethyl adjacent to an activating group) is 1. The summed E-state index contributed by atoms with van der Waals surface area (Å²) in [6.45, 7) is 1.58. The third kappa shape index (κ3) is 3.18. The van der Waals surface area contributed by atoms with Crippen LogP contribution in [-0.2, 0) is 0 Å². The van der Waals surface area contributed by atoms with Gasteiger partial charge in [0, 0.05) is 22.8 Å². The van der Waals surface area contributed by atoms with Crippen LogP contribution in [0.1, 0.15) is 43.0 Å². The van der Waals surface area contributed by atoms with Crippen LogP contribution in [0.5, 0.6) is 0 Å². The number of benzene rings is 1. The lowest BCUT2D eigenvalue weighted by Gasteiger charge is -2.37. The molecule has 104 valence electrons. The summed E-state index contributed by atoms with van der Waals surface area (Å²) in [6.07, 6.45) is 3.75. The van der Waals surface area contributed by atoms with Crippen LogP contribution >= 0.6 is 15.9 Å². The van der Waals surface area contributed by atoms with Crippen molar-refractivity contribution in [2.45, 2.75) is 44.8 Å². The molecule has 4 heteroatoms. The molecule has 0 aromatic heterocycles. The fourth-order valence-electron chi connectivity index (χ4n) is 2.82. The predicted octanol–water partition coefficient (Wildman–Crippen LogP) is 3.39. The fraction of sp³-hybridized carbons (Fsp3) is 0.533. The molecule has 0 amide bonds. The van der Waals surface area contributed by atoms with E-state index in [4.69, 9.17) is 0 Å². The lowest BCUT2D eigenvalue weighted by Crippen LogP contribution is -2.44. The molecule has 2 atom stereocenters. The SMILES string of the molecule is CC(=O)c1cc(Br)ccc1N(C)C1CCCCC1O. The van der Waals surface area contributed by atoms with Crippen molar-refractivity contribution in [1.82, 2.24) is 0 Å². The summed E-state index contributed by atoms with van der Waals surface area (Å²) in [6, 6.07) is 5.84. The molecule has 0 saturated heterocycles. The minimum atomic E-state index is -0.304. The maximum atomic E-state index is 11.8. The highest BCUT2D eigenvalue weighted by atomic mass is 79.9. The van der Waals surface area contributed by atoms with E-state index in [2.05, 4.69) is 20.8 Å². The van der Waals surface area contributed by atoms with Gasteiger partial charge < -0.3 is 10.0 Å². The predicted molar refractivity (Wildman–Crippen MR) is 80.8 cm³/mol. The van der Waals surface area contributed by atoms with Gasteiger partial charge in [0.1, 0.15) is 0 Å². The van der Waals surface area contributed by atoms with Crippen molar-refractivity contribution in [3.05, 3.63) is 28.2 Å². The molecular weight excluding hydrogens is 306 g/mol. The standard InChI is InChI=1S/C15H20BrNO2/c1-10(18)12-9-11(16)7-8-13(12)17(2)14-5-3-4-6-15(14)19/h7-9,14-15,19H,3-6H2,1-2H3. The summed E-state index contributed by atoms with van der Waals surface area (Å²) in [7, 11) is 1.97. The summed E-state index contributed by atoms with van der Waals surface area (Å²) in [5.41, 5.74) is 1.61. The summed E-state index contributed by atoms with van der Waals surface area (Å²) in [5.74, 6) is 0.0495. The molecule has 1 aromatic rings. The smallest absolute Gasteiger partial charge is 0.161 e. The highest BCUT2D eigenvalue weighted by Gasteiger charge is 2.28. The van der Waals surface area contributed by atoms with Crippen molar-refractivity contribution < 1.29 is 9.90 Å². The van der Waals surface area contributed by atoms with E-state index in [9.17, 15) is 9.90 Å². The topological polar surface area (TPSA) is 40.5 Å². The molecular formula is C15H20BrNO2. The van der Waals surface area contributed by atoms with E-state index in [1.807, 2.05) is 25.2 Å². The fourth-order valence-corrected chi connectivity index (χ4v) is 3.18. The minimum absolute atomic E-state index is 0.0495. The molecule has 1 aliphatic carbocycles. The number of halogens is 1. The second-order valence-electron chi connectivity index (χ2n) is 5.25. The van der Waals surface area contributed by atoms with E-state index in [1.165, 1.54) is 0 Å². The molecule has 2 unspecified atom stereocenters. The first-order valence-electron chi connectivity index (χ1n) is 6.72. The molecule has 0 heterocycles. The number of anilines is 1. The Morgan fingerprint density at radius 2 is 2.05 bits per heavy atom. The van der Waals surface area contributed by atoms with E-state index in [1.54, 1.807) is 6.92 Å². The molecule has 2 rings (SSSR count). The van der Waals surface area contributed by atoms with Gasteiger partial charge in [-0.05, 0) is 38.0 Å². The first-order valence-corrected chi connectivity index (χ1v) is 7.51. The molecule has 0 aliphatic heterocycles. The van der Waals surface area contributed by atoms with Crippen LogP contribution in [0, 0.1) is 0 Å². The normalized spacial score (nSPS) is 23.2. The van der Waals surface area contributed by atoms with Crippen LogP contribution in [0.25, 0.3) is 0 Å². The van der Waals surface area contributed by atoms with Crippen molar-refractivity contribution in [1.29, 1.82) is 0 Å². The van der Waals surface area contributed by atoms with Crippen LogP contribution in [0.2, 0.25) is 0 Å². The highest BCUT2D eigenvalue weighted by Crippen LogP contribution is 2.30. The zero-order valence-electron chi connectivity index (χ0n) is 11.4. The molecule has 19 heavy (non-hydrogen) atoms. The highest BCUT2D eigenvalue weighted by molar-refractivity contribution is 9.10. The van der Waals surface area contributed by atoms with Crippen LogP contribution in [0.15, 0.2) is 22.7 Å². The number of carbonyl (C=O) groups excluding carboxylic acids is 1. The molecule has 1 aromatic carbocycles. The van der Waals surface area contributed by atoms with Crippen LogP contribution in [0.4, 0.5) is 5.69 Å². The number of Topliss-reactive ketones (excluding diaryl/α,β-unsaturated/α-hetero) is 1. The zero-order valence-corrected chi connectivity index (χ0v) is 13.0. The van der Waals surface area contributed by atoms with Gasteiger partial charge >= 0.3 is 0 Å². The third-order valence-electron chi connectivity index (χ3n) is 3.91. The van der Waals surface area contributed by atoms with E-state index >= 15 is 0 Å². The average molecular weight is 326 g/mol. The van der Waals surface area contributed by atoms with Crippen molar-refractivity contribution in [3.63, 3.8) is 0 Å². The summed E-state index contributed by atoms with van der Waals surface area (Å²) >= 11 is 3.40. The Hall–Kier alpha value is -0.870. The Morgan fingerprint density at radius 1 is 1.37 bits per heavy atom. The van der Waals surface area contributed by atoms with Crippen molar-refractivity contribution in [2.24, 2.45) is 0 Å². The summed E-state index contributed by atoms with van der Waals surface area (Å²) in [5, 5.41) is 10.1. The lowest BCUT2D eigenvalue weighted by atomic mass is 9.91. The van der Waals surface area contributed by atoms with Gasteiger partial charge in [-0.25, -0.2) is 0 Å². The second kappa shape index (κ2) is 6.06. The number of ketones is 1. The van der Waals surface area contributed by atoms with Gasteiger partial charge in [0.05, 0.1) is 12.1 Å². The molecule has 0 bridgehead atoms. The van der Waals surface area contributed by atoms with Gasteiger partial charge in [-0.3, -0.25) is 4.79 Å². The van der Waals surface area contributed by atoms with Crippen LogP contribution in [0.3, 0.4) is 0 Å². The maximum Gasteiger partial charge on any atom is 0.161 e. The maximum absolute atomic E-state index is 11.8. The molecule has 1 N–H and O–H groups in total. The number of carbonyl (C=O) groups is 1. The van der Waals surface area contributed by atoms with Gasteiger partial charge in [0.25, 0.3) is 0 Å². The second-order valence-corrected chi connectivity index (χ2v) is 6.16. The Balaban J connectivity index is 2.32. The van der Waals surface area contributed by atoms with E-state index in [0.717, 1.165) is 35.8 Å². The molecule has 0 radical (unpaired) electrons. The van der Waals surface area contributed by atoms with Gasteiger partial charge in [-0.15, -0.1) is 0 Å². The summed E-state index contributed by atoms with van der Waals surface area (Å²) < 4.78 is 0.902. The van der Waals surface area contributed by atoms with E-state index < -0.39 is 0 Å². The first kappa shape index (κ1) is 14.5. The molecule has 0 spiro atoms. The average Bonchev–Trinajstić information content (AvgIpc) is 2.38. The van der Waals surface area contributed by atoms with Gasteiger partial charge in [-0.1, -0.05) is 28.8 Å². The van der Waals surface area contributed by atoms with Gasteiger partial charge in [0.2, 0.25) is 0 Å². The van der Waals surface area contributed by atoms with E-state index in [0.29, 0.717) is 5.56 Å².